The van der Waals surface area contributed by atoms with Crippen molar-refractivity contribution in [2.24, 2.45) is 11.7 Å². The number of amides is 3. The highest BCUT2D eigenvalue weighted by Crippen LogP contribution is 2.21. The molecule has 12 heteroatoms. The van der Waals surface area contributed by atoms with Gasteiger partial charge in [-0.1, -0.05) is 38.5 Å². The van der Waals surface area contributed by atoms with Crippen molar-refractivity contribution in [3.8, 4) is 0 Å². The minimum Gasteiger partial charge on any atom is -0.481 e. The molecule has 0 bridgehead atoms. The smallest absolute Gasteiger partial charge is 0.326 e. The van der Waals surface area contributed by atoms with Gasteiger partial charge in [-0.05, 0) is 30.4 Å². The summed E-state index contributed by atoms with van der Waals surface area (Å²) in [5.74, 6) is -4.81. The van der Waals surface area contributed by atoms with E-state index in [2.05, 4.69) is 15.6 Å². The van der Waals surface area contributed by atoms with Gasteiger partial charge in [0, 0.05) is 30.1 Å². The Morgan fingerprint density at radius 2 is 1.79 bits per heavy atom. The average Bonchev–Trinajstić information content (AvgIpc) is 3.54. The molecule has 3 rings (SSSR count). The van der Waals surface area contributed by atoms with Crippen molar-refractivity contribution >= 4 is 40.6 Å². The molecule has 0 radical (unpaired) electrons. The van der Waals surface area contributed by atoms with Crippen LogP contribution in [0.3, 0.4) is 0 Å². The predicted molar refractivity (Wildman–Crippen MR) is 138 cm³/mol. The molecule has 2 heterocycles. The summed E-state index contributed by atoms with van der Waals surface area (Å²) >= 11 is 0. The van der Waals surface area contributed by atoms with Gasteiger partial charge in [0.15, 0.2) is 0 Å². The molecule has 0 aliphatic carbocycles. The van der Waals surface area contributed by atoms with Gasteiger partial charge in [0.05, 0.1) is 12.5 Å². The Morgan fingerprint density at radius 3 is 2.45 bits per heavy atom. The lowest BCUT2D eigenvalue weighted by Gasteiger charge is -2.28. The summed E-state index contributed by atoms with van der Waals surface area (Å²) < 4.78 is 0. The van der Waals surface area contributed by atoms with Crippen LogP contribution in [0.5, 0.6) is 0 Å². The Bertz CT molecular complexity index is 1200. The molecule has 1 saturated heterocycles. The number of nitrogens with zero attached hydrogens (tertiary/aromatic N) is 1. The van der Waals surface area contributed by atoms with Crippen LogP contribution in [-0.2, 0) is 30.4 Å². The largest absolute Gasteiger partial charge is 0.481 e. The van der Waals surface area contributed by atoms with Gasteiger partial charge in [-0.2, -0.15) is 0 Å². The van der Waals surface area contributed by atoms with Crippen molar-refractivity contribution in [2.45, 2.75) is 70.1 Å². The number of nitrogens with two attached hydrogens (primary N) is 1. The molecule has 7 N–H and O–H groups in total. The van der Waals surface area contributed by atoms with E-state index in [-0.39, 0.29) is 25.3 Å². The topological polar surface area (TPSA) is 195 Å². The second-order valence-electron chi connectivity index (χ2n) is 9.72. The van der Waals surface area contributed by atoms with E-state index in [1.807, 2.05) is 38.1 Å². The van der Waals surface area contributed by atoms with E-state index in [4.69, 9.17) is 5.73 Å². The first-order valence-corrected chi connectivity index (χ1v) is 12.7. The number of benzene rings is 1. The normalized spacial score (nSPS) is 18.4. The van der Waals surface area contributed by atoms with Crippen LogP contribution in [0.2, 0.25) is 0 Å². The van der Waals surface area contributed by atoms with E-state index in [9.17, 15) is 34.2 Å². The molecule has 1 aliphatic rings. The van der Waals surface area contributed by atoms with Gasteiger partial charge in [0.1, 0.15) is 18.1 Å². The first-order valence-electron chi connectivity index (χ1n) is 12.7. The van der Waals surface area contributed by atoms with Gasteiger partial charge in [-0.15, -0.1) is 0 Å². The second-order valence-corrected chi connectivity index (χ2v) is 9.72. The number of carbonyl (C=O) groups excluding carboxylic acids is 3. The number of hydrogen-bond donors (Lipinski definition) is 6. The Morgan fingerprint density at radius 1 is 1.11 bits per heavy atom. The fourth-order valence-electron chi connectivity index (χ4n) is 4.64. The summed E-state index contributed by atoms with van der Waals surface area (Å²) in [6, 6.07) is 2.76. The summed E-state index contributed by atoms with van der Waals surface area (Å²) in [7, 11) is 0. The molecular weight excluding hydrogens is 494 g/mol. The minimum atomic E-state index is -1.51. The Hall–Kier alpha value is -3.93. The highest BCUT2D eigenvalue weighted by Gasteiger charge is 2.39. The number of likely N-dealkylation sites (tertiary alicyclic amines) is 1. The van der Waals surface area contributed by atoms with Crippen LogP contribution in [0.1, 0.15) is 45.1 Å². The zero-order chi connectivity index (χ0) is 28.0. The quantitative estimate of drug-likeness (QED) is 0.230. The van der Waals surface area contributed by atoms with Gasteiger partial charge < -0.3 is 36.5 Å². The van der Waals surface area contributed by atoms with Crippen LogP contribution < -0.4 is 16.4 Å². The maximum Gasteiger partial charge on any atom is 0.326 e. The third kappa shape index (κ3) is 6.68. The SMILES string of the molecule is CCC(C)C(N)C(=O)NC(Cc1c[nH]c2ccccc12)C(=O)NC(CC(=O)O)C(=O)N1CCCC1C(=O)O. The van der Waals surface area contributed by atoms with Crippen molar-refractivity contribution < 1.29 is 34.2 Å². The predicted octanol–water partition coefficient (Wildman–Crippen LogP) is 0.604. The van der Waals surface area contributed by atoms with Gasteiger partial charge in [-0.3, -0.25) is 19.2 Å². The summed E-state index contributed by atoms with van der Waals surface area (Å²) in [5, 5.41) is 24.8. The van der Waals surface area contributed by atoms with Crippen LogP contribution in [0.25, 0.3) is 10.9 Å². The van der Waals surface area contributed by atoms with Gasteiger partial charge >= 0.3 is 11.9 Å². The molecule has 206 valence electrons. The lowest BCUT2D eigenvalue weighted by Crippen LogP contribution is -2.58. The number of carbonyl (C=O) groups is 5. The third-order valence-corrected chi connectivity index (χ3v) is 7.11. The van der Waals surface area contributed by atoms with Gasteiger partial charge in [-0.25, -0.2) is 4.79 Å². The molecule has 2 aromatic rings. The van der Waals surface area contributed by atoms with Crippen molar-refractivity contribution in [1.29, 1.82) is 0 Å². The molecule has 5 unspecified atom stereocenters. The number of aromatic nitrogens is 1. The average molecular weight is 530 g/mol. The standard InChI is InChI=1S/C26H35N5O7/c1-3-14(2)22(27)24(35)29-18(11-15-13-28-17-8-5-4-7-16(15)17)23(34)30-19(12-21(32)33)25(36)31-10-6-9-20(31)26(37)38/h4-5,7-8,13-14,18-20,22,28H,3,6,9-12,27H2,1-2H3,(H,29,35)(H,30,34)(H,32,33)(H,37,38). The highest BCUT2D eigenvalue weighted by atomic mass is 16.4. The van der Waals surface area contributed by atoms with Gasteiger partial charge in [0.25, 0.3) is 0 Å². The Labute approximate surface area is 219 Å². The number of aromatic amines is 1. The number of para-hydroxylation sites is 1. The molecule has 38 heavy (non-hydrogen) atoms. The highest BCUT2D eigenvalue weighted by molar-refractivity contribution is 5.96. The zero-order valence-corrected chi connectivity index (χ0v) is 21.5. The van der Waals surface area contributed by atoms with E-state index in [0.29, 0.717) is 12.8 Å². The van der Waals surface area contributed by atoms with E-state index in [0.717, 1.165) is 21.4 Å². The third-order valence-electron chi connectivity index (χ3n) is 7.11. The Kier molecular flexibility index (Phi) is 9.45. The fraction of sp³-hybridized carbons (Fsp3) is 0.500. The molecule has 1 aromatic carbocycles. The second kappa shape index (κ2) is 12.5. The van der Waals surface area contributed by atoms with Crippen LogP contribution in [0, 0.1) is 5.92 Å². The fourth-order valence-corrected chi connectivity index (χ4v) is 4.64. The number of carboxylic acid groups (broad SMARTS) is 2. The number of aliphatic carboxylic acids is 2. The first kappa shape index (κ1) is 28.6. The number of hydrogen-bond acceptors (Lipinski definition) is 6. The van der Waals surface area contributed by atoms with Crippen molar-refractivity contribution in [3.05, 3.63) is 36.0 Å². The van der Waals surface area contributed by atoms with E-state index < -0.39 is 60.2 Å². The molecular formula is C26H35N5O7. The molecule has 1 aromatic heterocycles. The first-order chi connectivity index (χ1) is 18.0. The van der Waals surface area contributed by atoms with Crippen molar-refractivity contribution in [3.63, 3.8) is 0 Å². The summed E-state index contributed by atoms with van der Waals surface area (Å²) in [5.41, 5.74) is 7.64. The zero-order valence-electron chi connectivity index (χ0n) is 21.5. The monoisotopic (exact) mass is 529 g/mol. The molecule has 1 aliphatic heterocycles. The summed E-state index contributed by atoms with van der Waals surface area (Å²) in [6.45, 7) is 3.84. The molecule has 5 atom stereocenters. The summed E-state index contributed by atoms with van der Waals surface area (Å²) in [4.78, 5) is 66.9. The van der Waals surface area contributed by atoms with E-state index in [1.165, 1.54) is 0 Å². The lowest BCUT2D eigenvalue weighted by molar-refractivity contribution is -0.150. The number of rotatable bonds is 12. The molecule has 12 nitrogen and oxygen atoms in total. The van der Waals surface area contributed by atoms with Crippen LogP contribution in [0.15, 0.2) is 30.5 Å². The summed E-state index contributed by atoms with van der Waals surface area (Å²) in [6.07, 6.45) is 2.35. The molecule has 1 fully saturated rings. The number of carboxylic acids is 2. The molecule has 0 saturated carbocycles. The van der Waals surface area contributed by atoms with E-state index >= 15 is 0 Å². The lowest BCUT2D eigenvalue weighted by atomic mass is 9.98. The van der Waals surface area contributed by atoms with Crippen LogP contribution >= 0.6 is 0 Å². The minimum absolute atomic E-state index is 0.0459. The maximum absolute atomic E-state index is 13.5. The van der Waals surface area contributed by atoms with Crippen molar-refractivity contribution in [1.82, 2.24) is 20.5 Å². The number of fused-ring (bicyclic) bond motifs is 1. The van der Waals surface area contributed by atoms with Crippen LogP contribution in [0.4, 0.5) is 0 Å². The van der Waals surface area contributed by atoms with Gasteiger partial charge in [0.2, 0.25) is 17.7 Å². The molecule has 0 spiro atoms. The van der Waals surface area contributed by atoms with E-state index in [1.54, 1.807) is 6.20 Å². The Balaban J connectivity index is 1.87. The van der Waals surface area contributed by atoms with Crippen molar-refractivity contribution in [2.75, 3.05) is 6.54 Å². The van der Waals surface area contributed by atoms with Crippen LogP contribution in [-0.4, -0.2) is 80.5 Å². The number of nitrogens with one attached hydrogen (secondary N) is 3. The molecule has 3 amide bonds. The number of H-pyrrole nitrogens is 1. The maximum atomic E-state index is 13.5.